The molecule has 1 fully saturated rings. The highest BCUT2D eigenvalue weighted by atomic mass is 35.5. The van der Waals surface area contributed by atoms with E-state index in [1.807, 2.05) is 24.3 Å². The van der Waals surface area contributed by atoms with E-state index >= 15 is 0 Å². The highest BCUT2D eigenvalue weighted by Gasteiger charge is 2.46. The van der Waals surface area contributed by atoms with E-state index in [0.29, 0.717) is 23.7 Å². The number of nitrogens with one attached hydrogen (secondary N) is 1. The number of para-hydroxylation sites is 1. The number of rotatable bonds is 7. The second kappa shape index (κ2) is 9.18. The fourth-order valence-electron chi connectivity index (χ4n) is 4.30. The van der Waals surface area contributed by atoms with Gasteiger partial charge in [-0.2, -0.15) is 0 Å². The van der Waals surface area contributed by atoms with Crippen molar-refractivity contribution in [3.8, 4) is 0 Å². The van der Waals surface area contributed by atoms with Crippen LogP contribution in [0.2, 0.25) is 5.02 Å². The lowest BCUT2D eigenvalue weighted by Gasteiger charge is -2.28. The summed E-state index contributed by atoms with van der Waals surface area (Å²) in [7, 11) is 0. The second-order valence-electron chi connectivity index (χ2n) is 7.82. The minimum Gasteiger partial charge on any atom is -0.507 e. The number of amides is 1. The molecule has 166 valence electrons. The number of aliphatic hydroxyl groups excluding tert-OH is 1. The number of H-pyrrole nitrogens is 1. The summed E-state index contributed by atoms with van der Waals surface area (Å²) in [6.07, 6.45) is 1.67. The average molecular weight is 452 g/mol. The number of hydrogen-bond donors (Lipinski definition) is 2. The van der Waals surface area contributed by atoms with Gasteiger partial charge in [-0.05, 0) is 36.9 Å². The Hall–Kier alpha value is -3.09. The van der Waals surface area contributed by atoms with Crippen molar-refractivity contribution in [3.05, 3.63) is 76.5 Å². The normalized spacial score (nSPS) is 18.2. The molecule has 32 heavy (non-hydrogen) atoms. The molecular weight excluding hydrogens is 426 g/mol. The summed E-state index contributed by atoms with van der Waals surface area (Å²) in [6.45, 7) is 6.83. The van der Waals surface area contributed by atoms with Gasteiger partial charge in [-0.1, -0.05) is 55.8 Å². The Kier molecular flexibility index (Phi) is 6.35. The fourth-order valence-corrected chi connectivity index (χ4v) is 4.43. The molecule has 1 aliphatic rings. The topological polar surface area (TPSA) is 76.6 Å². The quantitative estimate of drug-likeness (QED) is 0.313. The lowest BCUT2D eigenvalue weighted by Crippen LogP contribution is -2.38. The van der Waals surface area contributed by atoms with Crippen LogP contribution in [0, 0.1) is 0 Å². The molecule has 1 aliphatic heterocycles. The number of aliphatic hydroxyl groups is 1. The van der Waals surface area contributed by atoms with Crippen LogP contribution >= 0.6 is 11.6 Å². The van der Waals surface area contributed by atoms with Crippen LogP contribution in [-0.2, 0) is 9.59 Å². The van der Waals surface area contributed by atoms with Gasteiger partial charge in [0.15, 0.2) is 0 Å². The minimum absolute atomic E-state index is 0.0987. The summed E-state index contributed by atoms with van der Waals surface area (Å²) < 4.78 is 0. The summed E-state index contributed by atoms with van der Waals surface area (Å²) in [5, 5.41) is 12.6. The van der Waals surface area contributed by atoms with Crippen molar-refractivity contribution >= 4 is 40.0 Å². The largest absolute Gasteiger partial charge is 0.507 e. The van der Waals surface area contributed by atoms with E-state index < -0.39 is 17.7 Å². The van der Waals surface area contributed by atoms with Gasteiger partial charge in [-0.3, -0.25) is 9.59 Å². The zero-order chi connectivity index (χ0) is 22.8. The Labute approximate surface area is 192 Å². The number of aromatic amines is 1. The molecular formula is C25H26ClN3O3. The number of carbonyl (C=O) groups excluding carboxylic acids is 2. The van der Waals surface area contributed by atoms with Crippen molar-refractivity contribution < 1.29 is 14.7 Å². The number of fused-ring (bicyclic) bond motifs is 1. The van der Waals surface area contributed by atoms with Crippen LogP contribution in [0.5, 0.6) is 0 Å². The third-order valence-corrected chi connectivity index (χ3v) is 6.37. The van der Waals surface area contributed by atoms with Gasteiger partial charge in [-0.15, -0.1) is 0 Å². The molecule has 2 N–H and O–H groups in total. The molecule has 4 rings (SSSR count). The molecule has 6 nitrogen and oxygen atoms in total. The van der Waals surface area contributed by atoms with E-state index in [1.54, 1.807) is 35.4 Å². The maximum absolute atomic E-state index is 13.2. The first-order chi connectivity index (χ1) is 15.5. The van der Waals surface area contributed by atoms with Crippen LogP contribution in [0.15, 0.2) is 60.3 Å². The van der Waals surface area contributed by atoms with E-state index in [0.717, 1.165) is 29.6 Å². The molecule has 7 heteroatoms. The number of likely N-dealkylation sites (N-methyl/N-ethyl adjacent to an activating group) is 1. The number of aromatic nitrogens is 1. The van der Waals surface area contributed by atoms with E-state index in [1.165, 1.54) is 0 Å². The zero-order valence-electron chi connectivity index (χ0n) is 18.1. The number of nitrogens with zero attached hydrogens (tertiary/aromatic N) is 2. The lowest BCUT2D eigenvalue weighted by molar-refractivity contribution is -0.140. The standard InChI is InChI=1S/C25H26ClN3O3/c1-3-28(4-2)13-14-29-22(16-9-11-17(26)12-10-16)21(24(31)25(29)32)23(30)19-15-27-20-8-6-5-7-18(19)20/h5-12,15,22,27,30H,3-4,13-14H2,1-2H3/b23-21-. The average Bonchev–Trinajstić information content (AvgIpc) is 3.34. The second-order valence-corrected chi connectivity index (χ2v) is 8.26. The predicted molar refractivity (Wildman–Crippen MR) is 127 cm³/mol. The number of carbonyl (C=O) groups is 2. The predicted octanol–water partition coefficient (Wildman–Crippen LogP) is 4.58. The van der Waals surface area contributed by atoms with Crippen molar-refractivity contribution in [1.29, 1.82) is 0 Å². The molecule has 1 saturated heterocycles. The molecule has 3 aromatic rings. The molecule has 1 amide bonds. The number of benzene rings is 2. The minimum atomic E-state index is -0.684. The first kappa shape index (κ1) is 22.1. The van der Waals surface area contributed by atoms with Gasteiger partial charge < -0.3 is 19.9 Å². The number of ketones is 1. The Morgan fingerprint density at radius 3 is 2.47 bits per heavy atom. The molecule has 1 aromatic heterocycles. The number of halogens is 1. The molecule has 0 bridgehead atoms. The molecule has 2 heterocycles. The van der Waals surface area contributed by atoms with Crippen LogP contribution in [-0.4, -0.2) is 57.8 Å². The Bertz CT molecular complexity index is 1180. The lowest BCUT2D eigenvalue weighted by atomic mass is 9.95. The zero-order valence-corrected chi connectivity index (χ0v) is 18.9. The van der Waals surface area contributed by atoms with Gasteiger partial charge >= 0.3 is 0 Å². The van der Waals surface area contributed by atoms with Crippen LogP contribution in [0.25, 0.3) is 16.7 Å². The van der Waals surface area contributed by atoms with E-state index in [-0.39, 0.29) is 11.3 Å². The highest BCUT2D eigenvalue weighted by molar-refractivity contribution is 6.46. The van der Waals surface area contributed by atoms with Crippen LogP contribution in [0.1, 0.15) is 31.0 Å². The van der Waals surface area contributed by atoms with Gasteiger partial charge in [0.05, 0.1) is 11.6 Å². The maximum Gasteiger partial charge on any atom is 0.295 e. The maximum atomic E-state index is 13.2. The van der Waals surface area contributed by atoms with Crippen LogP contribution < -0.4 is 0 Å². The highest BCUT2D eigenvalue weighted by Crippen LogP contribution is 2.40. The molecule has 0 saturated carbocycles. The SMILES string of the molecule is CCN(CC)CCN1C(=O)C(=O)/C(=C(\O)c2c[nH]c3ccccc23)C1c1ccc(Cl)cc1. The summed E-state index contributed by atoms with van der Waals surface area (Å²) in [4.78, 5) is 33.1. The summed E-state index contributed by atoms with van der Waals surface area (Å²) in [6, 6.07) is 13.9. The monoisotopic (exact) mass is 451 g/mol. The Morgan fingerprint density at radius 2 is 1.78 bits per heavy atom. The molecule has 2 aromatic carbocycles. The number of likely N-dealkylation sites (tertiary alicyclic amines) is 1. The first-order valence-corrected chi connectivity index (χ1v) is 11.2. The Morgan fingerprint density at radius 1 is 1.09 bits per heavy atom. The van der Waals surface area contributed by atoms with Gasteiger partial charge in [0.25, 0.3) is 11.7 Å². The van der Waals surface area contributed by atoms with Crippen molar-refractivity contribution in [2.45, 2.75) is 19.9 Å². The summed E-state index contributed by atoms with van der Waals surface area (Å²) >= 11 is 6.08. The Balaban J connectivity index is 1.83. The van der Waals surface area contributed by atoms with E-state index in [9.17, 15) is 14.7 Å². The van der Waals surface area contributed by atoms with Crippen molar-refractivity contribution in [2.24, 2.45) is 0 Å². The third kappa shape index (κ3) is 3.92. The van der Waals surface area contributed by atoms with Gasteiger partial charge in [0.1, 0.15) is 5.76 Å². The molecule has 1 atom stereocenters. The number of Topliss-reactive ketones (excluding diaryl/α,β-unsaturated/α-hetero) is 1. The molecule has 1 unspecified atom stereocenters. The molecule has 0 radical (unpaired) electrons. The summed E-state index contributed by atoms with van der Waals surface area (Å²) in [5.74, 6) is -1.45. The first-order valence-electron chi connectivity index (χ1n) is 10.8. The summed E-state index contributed by atoms with van der Waals surface area (Å²) in [5.41, 5.74) is 2.17. The van der Waals surface area contributed by atoms with Gasteiger partial charge in [0, 0.05) is 40.8 Å². The van der Waals surface area contributed by atoms with Crippen molar-refractivity contribution in [3.63, 3.8) is 0 Å². The molecule has 0 spiro atoms. The third-order valence-electron chi connectivity index (χ3n) is 6.12. The van der Waals surface area contributed by atoms with Crippen LogP contribution in [0.4, 0.5) is 0 Å². The van der Waals surface area contributed by atoms with Crippen molar-refractivity contribution in [2.75, 3.05) is 26.2 Å². The van der Waals surface area contributed by atoms with E-state index in [4.69, 9.17) is 11.6 Å². The van der Waals surface area contributed by atoms with E-state index in [2.05, 4.69) is 23.7 Å². The van der Waals surface area contributed by atoms with Crippen LogP contribution in [0.3, 0.4) is 0 Å². The van der Waals surface area contributed by atoms with Crippen molar-refractivity contribution in [1.82, 2.24) is 14.8 Å². The molecule has 0 aliphatic carbocycles. The van der Waals surface area contributed by atoms with Gasteiger partial charge in [0.2, 0.25) is 0 Å². The van der Waals surface area contributed by atoms with Gasteiger partial charge in [-0.25, -0.2) is 0 Å². The number of hydrogen-bond acceptors (Lipinski definition) is 4. The smallest absolute Gasteiger partial charge is 0.295 e. The fraction of sp³-hybridized carbons (Fsp3) is 0.280.